The van der Waals surface area contributed by atoms with Crippen LogP contribution in [-0.2, 0) is 4.79 Å². The number of nitro benzene ring substituents is 1. The molecule has 7 nitrogen and oxygen atoms in total. The van der Waals surface area contributed by atoms with Crippen molar-refractivity contribution in [3.8, 4) is 0 Å². The van der Waals surface area contributed by atoms with Crippen LogP contribution in [0, 0.1) is 10.1 Å². The molecule has 1 rings (SSSR count). The fourth-order valence-corrected chi connectivity index (χ4v) is 2.13. The van der Waals surface area contributed by atoms with Gasteiger partial charge in [-0.25, -0.2) is 0 Å². The van der Waals surface area contributed by atoms with E-state index in [4.69, 9.17) is 0 Å². The van der Waals surface area contributed by atoms with Crippen LogP contribution < -0.4 is 0 Å². The van der Waals surface area contributed by atoms with Crippen molar-refractivity contribution < 1.29 is 24.7 Å². The molecule has 1 aromatic carbocycles. The van der Waals surface area contributed by atoms with Crippen LogP contribution in [0.3, 0.4) is 0 Å². The van der Waals surface area contributed by atoms with Crippen molar-refractivity contribution in [3.05, 3.63) is 39.4 Å². The molecule has 1 aromatic rings. The number of hydrogen-bond donors (Lipinski definition) is 2. The van der Waals surface area contributed by atoms with E-state index in [-0.39, 0.29) is 22.0 Å². The van der Waals surface area contributed by atoms with Crippen molar-refractivity contribution in [3.63, 3.8) is 0 Å². The lowest BCUT2D eigenvalue weighted by molar-refractivity contribution is -0.386. The van der Waals surface area contributed by atoms with Gasteiger partial charge in [0.15, 0.2) is 5.12 Å². The smallest absolute Gasteiger partial charge is 0.276 e. The number of nitro groups is 1. The maximum absolute atomic E-state index is 10.9. The third-order valence-electron chi connectivity index (χ3n) is 2.53. The average Bonchev–Trinajstić information content (AvgIpc) is 2.43. The van der Waals surface area contributed by atoms with Gasteiger partial charge in [-0.05, 0) is 6.07 Å². The van der Waals surface area contributed by atoms with E-state index in [1.807, 2.05) is 0 Å². The lowest BCUT2D eigenvalue weighted by atomic mass is 10.0. The standard InChI is InChI=1S/C12H13NO6S/c1-7(15)20-6-11(16)12(17)9-3-2-8(5-14)4-10(9)13(18)19/h2-5,11-12,16-17H,6H2,1H3. The van der Waals surface area contributed by atoms with E-state index in [0.29, 0.717) is 6.29 Å². The molecule has 8 heteroatoms. The van der Waals surface area contributed by atoms with Crippen LogP contribution in [0.25, 0.3) is 0 Å². The van der Waals surface area contributed by atoms with Crippen molar-refractivity contribution in [1.82, 2.24) is 0 Å². The highest BCUT2D eigenvalue weighted by Gasteiger charge is 2.26. The molecule has 0 fully saturated rings. The Balaban J connectivity index is 3.02. The molecule has 0 saturated heterocycles. The zero-order chi connectivity index (χ0) is 15.3. The number of hydrogen-bond acceptors (Lipinski definition) is 7. The molecule has 108 valence electrons. The Bertz CT molecular complexity index is 533. The van der Waals surface area contributed by atoms with Crippen LogP contribution >= 0.6 is 11.8 Å². The van der Waals surface area contributed by atoms with E-state index in [9.17, 15) is 29.9 Å². The zero-order valence-corrected chi connectivity index (χ0v) is 11.4. The summed E-state index contributed by atoms with van der Waals surface area (Å²) in [6.45, 7) is 1.31. The van der Waals surface area contributed by atoms with Gasteiger partial charge in [0.05, 0.1) is 16.6 Å². The van der Waals surface area contributed by atoms with Crippen molar-refractivity contribution >= 4 is 28.9 Å². The molecule has 0 heterocycles. The Hall–Kier alpha value is -1.77. The summed E-state index contributed by atoms with van der Waals surface area (Å²) in [5.41, 5.74) is -0.452. The number of aliphatic hydroxyl groups is 2. The fraction of sp³-hybridized carbons (Fsp3) is 0.333. The Morgan fingerprint density at radius 1 is 1.50 bits per heavy atom. The van der Waals surface area contributed by atoms with Gasteiger partial charge in [-0.3, -0.25) is 19.7 Å². The molecule has 0 amide bonds. The number of carbonyl (C=O) groups is 2. The van der Waals surface area contributed by atoms with Gasteiger partial charge in [0, 0.05) is 24.3 Å². The fourth-order valence-electron chi connectivity index (χ4n) is 1.54. The third kappa shape index (κ3) is 4.12. The second kappa shape index (κ2) is 7.13. The van der Waals surface area contributed by atoms with Crippen molar-refractivity contribution in [2.75, 3.05) is 5.75 Å². The van der Waals surface area contributed by atoms with Gasteiger partial charge >= 0.3 is 0 Å². The first-order chi connectivity index (χ1) is 9.36. The molecule has 0 aromatic heterocycles. The summed E-state index contributed by atoms with van der Waals surface area (Å²) in [6.07, 6.45) is -2.39. The van der Waals surface area contributed by atoms with Gasteiger partial charge in [-0.1, -0.05) is 17.8 Å². The second-order valence-electron chi connectivity index (χ2n) is 4.01. The summed E-state index contributed by atoms with van der Waals surface area (Å²) in [5.74, 6) is -0.0803. The first-order valence-corrected chi connectivity index (χ1v) is 6.58. The summed E-state index contributed by atoms with van der Waals surface area (Å²) in [4.78, 5) is 31.6. The maximum Gasteiger partial charge on any atom is 0.276 e. The molecular weight excluding hydrogens is 286 g/mol. The molecule has 0 saturated carbocycles. The van der Waals surface area contributed by atoms with Gasteiger partial charge in [0.2, 0.25) is 0 Å². The number of carbonyl (C=O) groups excluding carboxylic acids is 2. The monoisotopic (exact) mass is 299 g/mol. The maximum atomic E-state index is 10.9. The molecule has 0 aliphatic carbocycles. The number of rotatable bonds is 6. The molecule has 2 N–H and O–H groups in total. The Morgan fingerprint density at radius 3 is 2.65 bits per heavy atom. The summed E-state index contributed by atoms with van der Waals surface area (Å²) in [7, 11) is 0. The lowest BCUT2D eigenvalue weighted by Gasteiger charge is -2.17. The number of benzene rings is 1. The topological polar surface area (TPSA) is 118 Å². The van der Waals surface area contributed by atoms with Gasteiger partial charge in [-0.15, -0.1) is 0 Å². The molecule has 0 aliphatic heterocycles. The molecule has 0 spiro atoms. The van der Waals surface area contributed by atoms with Crippen LogP contribution in [0.5, 0.6) is 0 Å². The number of aliphatic hydroxyl groups excluding tert-OH is 2. The Kier molecular flexibility index (Phi) is 5.81. The zero-order valence-electron chi connectivity index (χ0n) is 10.6. The largest absolute Gasteiger partial charge is 0.389 e. The lowest BCUT2D eigenvalue weighted by Crippen LogP contribution is -2.22. The van der Waals surface area contributed by atoms with E-state index >= 15 is 0 Å². The minimum absolute atomic E-state index is 0.0803. The van der Waals surface area contributed by atoms with Crippen molar-refractivity contribution in [2.45, 2.75) is 19.1 Å². The SMILES string of the molecule is CC(=O)SCC(O)C(O)c1ccc(C=O)cc1[N+](=O)[O-]. The van der Waals surface area contributed by atoms with Crippen LogP contribution in [-0.4, -0.2) is 38.4 Å². The van der Waals surface area contributed by atoms with Gasteiger partial charge in [0.25, 0.3) is 5.69 Å². The summed E-state index contributed by atoms with van der Waals surface area (Å²) >= 11 is 0.809. The molecule has 0 bridgehead atoms. The van der Waals surface area contributed by atoms with Crippen molar-refractivity contribution in [2.24, 2.45) is 0 Å². The normalized spacial score (nSPS) is 13.6. The highest BCUT2D eigenvalue weighted by Crippen LogP contribution is 2.29. The van der Waals surface area contributed by atoms with Gasteiger partial charge in [-0.2, -0.15) is 0 Å². The Labute approximate surface area is 118 Å². The minimum Gasteiger partial charge on any atom is -0.389 e. The molecule has 20 heavy (non-hydrogen) atoms. The Morgan fingerprint density at radius 2 is 2.15 bits per heavy atom. The van der Waals surface area contributed by atoms with E-state index in [1.165, 1.54) is 19.1 Å². The summed E-state index contributed by atoms with van der Waals surface area (Å²) in [6, 6.07) is 3.55. The highest BCUT2D eigenvalue weighted by molar-refractivity contribution is 8.13. The molecule has 0 radical (unpaired) electrons. The van der Waals surface area contributed by atoms with Gasteiger partial charge < -0.3 is 10.2 Å². The van der Waals surface area contributed by atoms with E-state index in [2.05, 4.69) is 0 Å². The number of nitrogens with zero attached hydrogens (tertiary/aromatic N) is 1. The molecule has 0 aliphatic rings. The van der Waals surface area contributed by atoms with E-state index in [1.54, 1.807) is 0 Å². The highest BCUT2D eigenvalue weighted by atomic mass is 32.2. The first-order valence-electron chi connectivity index (χ1n) is 5.59. The van der Waals surface area contributed by atoms with Crippen LogP contribution in [0.15, 0.2) is 18.2 Å². The molecule has 2 atom stereocenters. The van der Waals surface area contributed by atoms with Crippen molar-refractivity contribution in [1.29, 1.82) is 0 Å². The predicted octanol–water partition coefficient (Wildman–Crippen LogP) is 1.08. The average molecular weight is 299 g/mol. The summed E-state index contributed by atoms with van der Waals surface area (Å²) < 4.78 is 0. The number of aldehydes is 1. The molecular formula is C12H13NO6S. The first kappa shape index (κ1) is 16.3. The van der Waals surface area contributed by atoms with Gasteiger partial charge in [0.1, 0.15) is 12.4 Å². The minimum atomic E-state index is -1.51. The van der Waals surface area contributed by atoms with E-state index < -0.39 is 22.8 Å². The molecule has 2 unspecified atom stereocenters. The quantitative estimate of drug-likeness (QED) is 0.458. The second-order valence-corrected chi connectivity index (χ2v) is 5.20. The van der Waals surface area contributed by atoms with Crippen LogP contribution in [0.4, 0.5) is 5.69 Å². The van der Waals surface area contributed by atoms with E-state index in [0.717, 1.165) is 17.8 Å². The summed E-state index contributed by atoms with van der Waals surface area (Å²) in [5, 5.41) is 30.4. The van der Waals surface area contributed by atoms with Crippen LogP contribution in [0.2, 0.25) is 0 Å². The predicted molar refractivity (Wildman–Crippen MR) is 72.6 cm³/mol. The number of thioether (sulfide) groups is 1. The van der Waals surface area contributed by atoms with Crippen LogP contribution in [0.1, 0.15) is 28.9 Å². The third-order valence-corrected chi connectivity index (χ3v) is 3.44.